The molecule has 0 aliphatic heterocycles. The standard InChI is InChI=1S/C18H17N3O2/c1-21-12-14(16-4-2-3-5-17(16)21)11-19-20-18(23)10-13-6-8-15(22)9-7-13/h2-9,11-12,22H,10H2,1H3,(H,20,23)/b19-11-. The molecule has 1 aromatic heterocycles. The second kappa shape index (κ2) is 6.36. The third kappa shape index (κ3) is 3.40. The summed E-state index contributed by atoms with van der Waals surface area (Å²) in [5.41, 5.74) is 5.41. The maximum Gasteiger partial charge on any atom is 0.244 e. The van der Waals surface area contributed by atoms with Gasteiger partial charge in [0.1, 0.15) is 5.75 Å². The highest BCUT2D eigenvalue weighted by molar-refractivity contribution is 5.99. The Morgan fingerprint density at radius 3 is 2.74 bits per heavy atom. The van der Waals surface area contributed by atoms with Gasteiger partial charge in [-0.25, -0.2) is 5.43 Å². The third-order valence-electron chi connectivity index (χ3n) is 3.62. The van der Waals surface area contributed by atoms with Gasteiger partial charge >= 0.3 is 0 Å². The first-order valence-electron chi connectivity index (χ1n) is 7.27. The molecule has 2 aromatic carbocycles. The number of carbonyl (C=O) groups excluding carboxylic acids is 1. The van der Waals surface area contributed by atoms with E-state index in [-0.39, 0.29) is 18.1 Å². The minimum absolute atomic E-state index is 0.183. The van der Waals surface area contributed by atoms with Gasteiger partial charge in [0, 0.05) is 29.7 Å². The van der Waals surface area contributed by atoms with Crippen molar-refractivity contribution in [3.8, 4) is 5.75 Å². The van der Waals surface area contributed by atoms with E-state index in [0.29, 0.717) is 0 Å². The minimum atomic E-state index is -0.202. The molecule has 0 unspecified atom stereocenters. The first kappa shape index (κ1) is 14.8. The largest absolute Gasteiger partial charge is 0.508 e. The molecule has 0 radical (unpaired) electrons. The molecule has 2 N–H and O–H groups in total. The summed E-state index contributed by atoms with van der Waals surface area (Å²) in [6, 6.07) is 14.6. The van der Waals surface area contributed by atoms with Crippen LogP contribution in [-0.4, -0.2) is 21.8 Å². The number of hydrogen-bond acceptors (Lipinski definition) is 3. The maximum absolute atomic E-state index is 11.9. The van der Waals surface area contributed by atoms with Crippen LogP contribution in [0.1, 0.15) is 11.1 Å². The van der Waals surface area contributed by atoms with E-state index in [2.05, 4.69) is 10.5 Å². The topological polar surface area (TPSA) is 66.6 Å². The molecule has 0 bridgehead atoms. The van der Waals surface area contributed by atoms with Crippen LogP contribution in [0.5, 0.6) is 5.75 Å². The number of nitrogens with zero attached hydrogens (tertiary/aromatic N) is 2. The SMILES string of the molecule is Cn1cc(/C=N\NC(=O)Cc2ccc(O)cc2)c2ccccc21. The lowest BCUT2D eigenvalue weighted by molar-refractivity contribution is -0.120. The molecule has 0 aliphatic rings. The van der Waals surface area contributed by atoms with Crippen molar-refractivity contribution in [2.75, 3.05) is 0 Å². The normalized spacial score (nSPS) is 11.2. The summed E-state index contributed by atoms with van der Waals surface area (Å²) in [5, 5.41) is 14.3. The van der Waals surface area contributed by atoms with Crippen LogP contribution < -0.4 is 5.43 Å². The van der Waals surface area contributed by atoms with Gasteiger partial charge in [0.25, 0.3) is 0 Å². The fourth-order valence-electron chi connectivity index (χ4n) is 2.49. The molecule has 0 saturated carbocycles. The van der Waals surface area contributed by atoms with Gasteiger partial charge in [-0.3, -0.25) is 4.79 Å². The number of aromatic nitrogens is 1. The number of carbonyl (C=O) groups is 1. The molecule has 5 heteroatoms. The highest BCUT2D eigenvalue weighted by atomic mass is 16.3. The maximum atomic E-state index is 11.9. The molecule has 3 aromatic rings. The zero-order valence-electron chi connectivity index (χ0n) is 12.7. The van der Waals surface area contributed by atoms with Gasteiger partial charge in [-0.15, -0.1) is 0 Å². The van der Waals surface area contributed by atoms with Crippen molar-refractivity contribution in [2.45, 2.75) is 6.42 Å². The average Bonchev–Trinajstić information content (AvgIpc) is 2.87. The van der Waals surface area contributed by atoms with Crippen molar-refractivity contribution in [3.63, 3.8) is 0 Å². The van der Waals surface area contributed by atoms with E-state index in [9.17, 15) is 9.90 Å². The minimum Gasteiger partial charge on any atom is -0.508 e. The van der Waals surface area contributed by atoms with E-state index in [1.807, 2.05) is 42.1 Å². The monoisotopic (exact) mass is 307 g/mol. The van der Waals surface area contributed by atoms with Crippen LogP contribution >= 0.6 is 0 Å². The fraction of sp³-hybridized carbons (Fsp3) is 0.111. The molecule has 0 spiro atoms. The predicted octanol–water partition coefficient (Wildman–Crippen LogP) is 2.58. The molecule has 116 valence electrons. The lowest BCUT2D eigenvalue weighted by atomic mass is 10.1. The van der Waals surface area contributed by atoms with Crippen molar-refractivity contribution in [1.82, 2.24) is 9.99 Å². The van der Waals surface area contributed by atoms with Crippen LogP contribution in [0.2, 0.25) is 0 Å². The number of aryl methyl sites for hydroxylation is 1. The molecule has 0 aliphatic carbocycles. The molecule has 0 fully saturated rings. The number of para-hydroxylation sites is 1. The highest BCUT2D eigenvalue weighted by Gasteiger charge is 2.04. The summed E-state index contributed by atoms with van der Waals surface area (Å²) in [7, 11) is 1.98. The Hall–Kier alpha value is -3.08. The lowest BCUT2D eigenvalue weighted by Crippen LogP contribution is -2.19. The Morgan fingerprint density at radius 2 is 1.96 bits per heavy atom. The number of hydrazone groups is 1. The predicted molar refractivity (Wildman–Crippen MR) is 90.5 cm³/mol. The molecular weight excluding hydrogens is 290 g/mol. The Balaban J connectivity index is 1.66. The van der Waals surface area contributed by atoms with E-state index < -0.39 is 0 Å². The summed E-state index contributed by atoms with van der Waals surface area (Å²) in [5.74, 6) is -0.0182. The van der Waals surface area contributed by atoms with Gasteiger partial charge in [-0.1, -0.05) is 30.3 Å². The van der Waals surface area contributed by atoms with Crippen LogP contribution in [0, 0.1) is 0 Å². The van der Waals surface area contributed by atoms with Crippen LogP contribution in [0.3, 0.4) is 0 Å². The summed E-state index contributed by atoms with van der Waals surface area (Å²) >= 11 is 0. The van der Waals surface area contributed by atoms with E-state index in [1.165, 1.54) is 0 Å². The number of nitrogens with one attached hydrogen (secondary N) is 1. The molecule has 1 amide bonds. The van der Waals surface area contributed by atoms with E-state index in [0.717, 1.165) is 22.0 Å². The number of amides is 1. The van der Waals surface area contributed by atoms with Gasteiger partial charge in [0.2, 0.25) is 5.91 Å². The summed E-state index contributed by atoms with van der Waals surface area (Å²) in [6.45, 7) is 0. The quantitative estimate of drug-likeness (QED) is 0.574. The zero-order chi connectivity index (χ0) is 16.2. The Labute approximate surface area is 133 Å². The van der Waals surface area contributed by atoms with E-state index in [1.54, 1.807) is 30.5 Å². The number of rotatable bonds is 4. The summed E-state index contributed by atoms with van der Waals surface area (Å²) < 4.78 is 2.02. The third-order valence-corrected chi connectivity index (χ3v) is 3.62. The Morgan fingerprint density at radius 1 is 1.22 bits per heavy atom. The zero-order valence-corrected chi connectivity index (χ0v) is 12.7. The Bertz CT molecular complexity index is 864. The van der Waals surface area contributed by atoms with Crippen molar-refractivity contribution in [2.24, 2.45) is 12.1 Å². The molecule has 23 heavy (non-hydrogen) atoms. The van der Waals surface area contributed by atoms with E-state index >= 15 is 0 Å². The molecule has 1 heterocycles. The van der Waals surface area contributed by atoms with Crippen molar-refractivity contribution >= 4 is 23.0 Å². The highest BCUT2D eigenvalue weighted by Crippen LogP contribution is 2.18. The molecule has 0 saturated heterocycles. The van der Waals surface area contributed by atoms with Crippen LogP contribution in [0.4, 0.5) is 0 Å². The Kier molecular flexibility index (Phi) is 4.10. The number of fused-ring (bicyclic) bond motifs is 1. The van der Waals surface area contributed by atoms with Crippen LogP contribution in [-0.2, 0) is 18.3 Å². The first-order chi connectivity index (χ1) is 11.1. The fourth-order valence-corrected chi connectivity index (χ4v) is 2.49. The van der Waals surface area contributed by atoms with Crippen molar-refractivity contribution in [1.29, 1.82) is 0 Å². The van der Waals surface area contributed by atoms with E-state index in [4.69, 9.17) is 0 Å². The average molecular weight is 307 g/mol. The molecule has 0 atom stereocenters. The molecule has 3 rings (SSSR count). The van der Waals surface area contributed by atoms with Gasteiger partial charge in [0.15, 0.2) is 0 Å². The second-order valence-electron chi connectivity index (χ2n) is 5.35. The number of aromatic hydroxyl groups is 1. The van der Waals surface area contributed by atoms with Gasteiger partial charge < -0.3 is 9.67 Å². The molecular formula is C18H17N3O2. The van der Waals surface area contributed by atoms with Crippen molar-refractivity contribution in [3.05, 3.63) is 65.9 Å². The summed E-state index contributed by atoms with van der Waals surface area (Å²) in [4.78, 5) is 11.9. The van der Waals surface area contributed by atoms with Gasteiger partial charge in [-0.2, -0.15) is 5.10 Å². The van der Waals surface area contributed by atoms with Gasteiger partial charge in [-0.05, 0) is 23.8 Å². The summed E-state index contributed by atoms with van der Waals surface area (Å²) in [6.07, 6.45) is 3.84. The lowest BCUT2D eigenvalue weighted by Gasteiger charge is -2.00. The first-order valence-corrected chi connectivity index (χ1v) is 7.27. The van der Waals surface area contributed by atoms with Crippen molar-refractivity contribution < 1.29 is 9.90 Å². The number of benzene rings is 2. The van der Waals surface area contributed by atoms with Gasteiger partial charge in [0.05, 0.1) is 12.6 Å². The number of hydrogen-bond donors (Lipinski definition) is 2. The molecule has 5 nitrogen and oxygen atoms in total. The smallest absolute Gasteiger partial charge is 0.244 e. The number of phenolic OH excluding ortho intramolecular Hbond substituents is 1. The van der Waals surface area contributed by atoms with Crippen LogP contribution in [0.15, 0.2) is 59.8 Å². The second-order valence-corrected chi connectivity index (χ2v) is 5.35. The van der Waals surface area contributed by atoms with Crippen LogP contribution in [0.25, 0.3) is 10.9 Å². The number of phenols is 1.